The Kier molecular flexibility index (Phi) is 5.81. The lowest BCUT2D eigenvalue weighted by atomic mass is 10.1. The van der Waals surface area contributed by atoms with E-state index in [0.717, 1.165) is 19.5 Å². The predicted octanol–water partition coefficient (Wildman–Crippen LogP) is 3.49. The van der Waals surface area contributed by atoms with E-state index < -0.39 is 0 Å². The third-order valence-corrected chi connectivity index (χ3v) is 4.21. The average molecular weight is 311 g/mol. The molecule has 0 bridgehead atoms. The summed E-state index contributed by atoms with van der Waals surface area (Å²) in [4.78, 5) is 2.30. The molecule has 122 valence electrons. The van der Waals surface area contributed by atoms with Crippen LogP contribution in [0.3, 0.4) is 0 Å². The molecule has 0 radical (unpaired) electrons. The van der Waals surface area contributed by atoms with Crippen molar-refractivity contribution in [3.63, 3.8) is 0 Å². The molecule has 1 aliphatic heterocycles. The van der Waals surface area contributed by atoms with E-state index in [2.05, 4.69) is 60.5 Å². The molecule has 2 aromatic carbocycles. The summed E-state index contributed by atoms with van der Waals surface area (Å²) in [6, 6.07) is 20.7. The first-order valence-corrected chi connectivity index (χ1v) is 8.29. The van der Waals surface area contributed by atoms with E-state index in [0.29, 0.717) is 13.2 Å². The molecular formula is C20H25NO2. The number of likely N-dealkylation sites (tertiary alicyclic amines) is 1. The number of ether oxygens (including phenoxy) is 2. The van der Waals surface area contributed by atoms with E-state index >= 15 is 0 Å². The van der Waals surface area contributed by atoms with E-state index in [-0.39, 0.29) is 12.2 Å². The Labute approximate surface area is 138 Å². The zero-order valence-corrected chi connectivity index (χ0v) is 13.7. The van der Waals surface area contributed by atoms with Crippen LogP contribution in [0.15, 0.2) is 60.7 Å². The second-order valence-electron chi connectivity index (χ2n) is 6.29. The van der Waals surface area contributed by atoms with Crippen molar-refractivity contribution >= 4 is 0 Å². The summed E-state index contributed by atoms with van der Waals surface area (Å²) in [6.07, 6.45) is 1.42. The van der Waals surface area contributed by atoms with Gasteiger partial charge in [-0.1, -0.05) is 60.7 Å². The van der Waals surface area contributed by atoms with Crippen molar-refractivity contribution in [2.75, 3.05) is 20.1 Å². The molecule has 3 rings (SSSR count). The average Bonchev–Trinajstić information content (AvgIpc) is 2.60. The third-order valence-electron chi connectivity index (χ3n) is 4.21. The summed E-state index contributed by atoms with van der Waals surface area (Å²) < 4.78 is 12.2. The van der Waals surface area contributed by atoms with Gasteiger partial charge in [0.15, 0.2) is 0 Å². The molecule has 0 aromatic heterocycles. The van der Waals surface area contributed by atoms with Crippen molar-refractivity contribution in [3.8, 4) is 0 Å². The van der Waals surface area contributed by atoms with Gasteiger partial charge in [0.05, 0.1) is 25.4 Å². The Morgan fingerprint density at radius 3 is 1.65 bits per heavy atom. The zero-order valence-electron chi connectivity index (χ0n) is 13.7. The zero-order chi connectivity index (χ0) is 15.9. The van der Waals surface area contributed by atoms with Crippen LogP contribution in [0.2, 0.25) is 0 Å². The van der Waals surface area contributed by atoms with E-state index in [1.165, 1.54) is 11.1 Å². The number of piperidine rings is 1. The van der Waals surface area contributed by atoms with Gasteiger partial charge in [0.25, 0.3) is 0 Å². The molecule has 1 fully saturated rings. The highest BCUT2D eigenvalue weighted by atomic mass is 16.5. The van der Waals surface area contributed by atoms with Gasteiger partial charge in [0.2, 0.25) is 0 Å². The Balaban J connectivity index is 1.48. The van der Waals surface area contributed by atoms with Gasteiger partial charge in [-0.05, 0) is 18.2 Å². The summed E-state index contributed by atoms with van der Waals surface area (Å²) in [5, 5.41) is 0. The normalized spacial score (nSPS) is 22.1. The van der Waals surface area contributed by atoms with Crippen LogP contribution in [0.5, 0.6) is 0 Å². The second-order valence-corrected chi connectivity index (χ2v) is 6.29. The Morgan fingerprint density at radius 2 is 1.22 bits per heavy atom. The summed E-state index contributed by atoms with van der Waals surface area (Å²) in [6.45, 7) is 3.28. The largest absolute Gasteiger partial charge is 0.372 e. The molecule has 0 N–H and O–H groups in total. The van der Waals surface area contributed by atoms with Gasteiger partial charge >= 0.3 is 0 Å². The maximum Gasteiger partial charge on any atom is 0.0731 e. The lowest BCUT2D eigenvalue weighted by molar-refractivity contribution is -0.0772. The highest BCUT2D eigenvalue weighted by Gasteiger charge is 2.26. The van der Waals surface area contributed by atoms with Crippen LogP contribution in [0.4, 0.5) is 0 Å². The SMILES string of the molecule is CN1CC(OCc2ccccc2)CC(OCc2ccccc2)C1. The Hall–Kier alpha value is -1.68. The Bertz CT molecular complexity index is 521. The van der Waals surface area contributed by atoms with Crippen molar-refractivity contribution in [3.05, 3.63) is 71.8 Å². The molecule has 0 saturated carbocycles. The maximum absolute atomic E-state index is 6.10. The van der Waals surface area contributed by atoms with Gasteiger partial charge in [-0.3, -0.25) is 0 Å². The van der Waals surface area contributed by atoms with E-state index in [9.17, 15) is 0 Å². The highest BCUT2D eigenvalue weighted by molar-refractivity contribution is 5.14. The standard InChI is InChI=1S/C20H25NO2/c1-21-13-19(22-15-17-8-4-2-5-9-17)12-20(14-21)23-16-18-10-6-3-7-11-18/h2-11,19-20H,12-16H2,1H3. The summed E-state index contributed by atoms with van der Waals surface area (Å²) in [5.74, 6) is 0. The van der Waals surface area contributed by atoms with E-state index in [4.69, 9.17) is 9.47 Å². The molecule has 3 heteroatoms. The number of likely N-dealkylation sites (N-methyl/N-ethyl adjacent to an activating group) is 1. The minimum absolute atomic E-state index is 0.231. The quantitative estimate of drug-likeness (QED) is 0.815. The Morgan fingerprint density at radius 1 is 0.783 bits per heavy atom. The molecule has 23 heavy (non-hydrogen) atoms. The summed E-state index contributed by atoms with van der Waals surface area (Å²) in [7, 11) is 2.14. The number of benzene rings is 2. The lowest BCUT2D eigenvalue weighted by Gasteiger charge is -2.35. The third kappa shape index (κ3) is 5.17. The van der Waals surface area contributed by atoms with Gasteiger partial charge in [-0.15, -0.1) is 0 Å². The molecule has 1 saturated heterocycles. The molecular weight excluding hydrogens is 286 g/mol. The van der Waals surface area contributed by atoms with Crippen LogP contribution in [0, 0.1) is 0 Å². The van der Waals surface area contributed by atoms with Gasteiger partial charge in [0.1, 0.15) is 0 Å². The van der Waals surface area contributed by atoms with Gasteiger partial charge in [-0.25, -0.2) is 0 Å². The first kappa shape index (κ1) is 16.2. The van der Waals surface area contributed by atoms with E-state index in [1.807, 2.05) is 12.1 Å². The van der Waals surface area contributed by atoms with Crippen LogP contribution in [-0.2, 0) is 22.7 Å². The lowest BCUT2D eigenvalue weighted by Crippen LogP contribution is -2.45. The van der Waals surface area contributed by atoms with Crippen LogP contribution in [0.1, 0.15) is 17.5 Å². The second kappa shape index (κ2) is 8.25. The van der Waals surface area contributed by atoms with Crippen molar-refractivity contribution in [2.24, 2.45) is 0 Å². The summed E-state index contributed by atoms with van der Waals surface area (Å²) in [5.41, 5.74) is 2.45. The molecule has 0 aliphatic carbocycles. The van der Waals surface area contributed by atoms with Crippen LogP contribution >= 0.6 is 0 Å². The van der Waals surface area contributed by atoms with Crippen molar-refractivity contribution < 1.29 is 9.47 Å². The maximum atomic E-state index is 6.10. The number of rotatable bonds is 6. The summed E-state index contributed by atoms with van der Waals surface area (Å²) >= 11 is 0. The monoisotopic (exact) mass is 311 g/mol. The minimum Gasteiger partial charge on any atom is -0.372 e. The molecule has 0 spiro atoms. The fraction of sp³-hybridized carbons (Fsp3) is 0.400. The molecule has 0 amide bonds. The fourth-order valence-corrected chi connectivity index (χ4v) is 3.03. The smallest absolute Gasteiger partial charge is 0.0731 e. The topological polar surface area (TPSA) is 21.7 Å². The fourth-order valence-electron chi connectivity index (χ4n) is 3.03. The van der Waals surface area contributed by atoms with Crippen molar-refractivity contribution in [1.29, 1.82) is 0 Å². The molecule has 2 atom stereocenters. The first-order chi connectivity index (χ1) is 11.3. The number of hydrogen-bond donors (Lipinski definition) is 0. The molecule has 1 heterocycles. The van der Waals surface area contributed by atoms with Gasteiger partial charge in [0, 0.05) is 19.5 Å². The van der Waals surface area contributed by atoms with Crippen molar-refractivity contribution in [2.45, 2.75) is 31.8 Å². The minimum atomic E-state index is 0.231. The van der Waals surface area contributed by atoms with Gasteiger partial charge in [-0.2, -0.15) is 0 Å². The van der Waals surface area contributed by atoms with Crippen molar-refractivity contribution in [1.82, 2.24) is 4.90 Å². The molecule has 2 unspecified atom stereocenters. The highest BCUT2D eigenvalue weighted by Crippen LogP contribution is 2.18. The van der Waals surface area contributed by atoms with Crippen LogP contribution in [0.25, 0.3) is 0 Å². The van der Waals surface area contributed by atoms with Crippen LogP contribution < -0.4 is 0 Å². The first-order valence-electron chi connectivity index (χ1n) is 8.29. The molecule has 3 nitrogen and oxygen atoms in total. The predicted molar refractivity (Wildman–Crippen MR) is 92.2 cm³/mol. The van der Waals surface area contributed by atoms with E-state index in [1.54, 1.807) is 0 Å². The number of nitrogens with zero attached hydrogens (tertiary/aromatic N) is 1. The number of hydrogen-bond acceptors (Lipinski definition) is 3. The molecule has 1 aliphatic rings. The van der Waals surface area contributed by atoms with Crippen LogP contribution in [-0.4, -0.2) is 37.2 Å². The van der Waals surface area contributed by atoms with Gasteiger partial charge < -0.3 is 14.4 Å². The molecule has 2 aromatic rings.